The second-order valence-electron chi connectivity index (χ2n) is 10.9. The smallest absolute Gasteiger partial charge is 0.465 e. The molecule has 2 aromatic carbocycles. The van der Waals surface area contributed by atoms with Gasteiger partial charge in [0.2, 0.25) is 0 Å². The molecule has 2 aliphatic heterocycles. The molecular weight excluding hydrogens is 693 g/mol. The van der Waals surface area contributed by atoms with E-state index in [1.54, 1.807) is 0 Å². The van der Waals surface area contributed by atoms with Crippen LogP contribution in [0.1, 0.15) is 55.3 Å². The number of hydrogen-bond donors (Lipinski definition) is 1. The Labute approximate surface area is 277 Å². The first kappa shape index (κ1) is 37.4. The number of methoxy groups -OCH3 is 1. The van der Waals surface area contributed by atoms with Gasteiger partial charge in [-0.2, -0.15) is 22.7 Å². The molecule has 1 saturated heterocycles. The van der Waals surface area contributed by atoms with Gasteiger partial charge in [0.25, 0.3) is 0 Å². The standard InChI is InChI=1S/C12H10F2N2O3.C10H16BNO2.C9H7BrF2O2/c1-18-11(17)7-2-3-9(8-5-15-16-6-8)10(4-7)19-12(13)14;1-9(2)10(3,4)14-11(13-9)8-5-6-12-7-8;1-5(13)6-2-3-7(10)8(4-6)14-9(11)12/h2-6,12H,1H3,(H,15,16);5,7H,6H2,1-4H3;2-4,9H,1H3. The normalized spacial score (nSPS) is 15.8. The lowest BCUT2D eigenvalue weighted by molar-refractivity contribution is -0.0507. The quantitative estimate of drug-likeness (QED) is 0.111. The number of carbonyl (C=O) groups is 2. The Bertz CT molecular complexity index is 1590. The number of rotatable bonds is 8. The minimum absolute atomic E-state index is 0.0345. The first-order chi connectivity index (χ1) is 22.0. The molecule has 10 nitrogen and oxygen atoms in total. The number of aromatic amines is 1. The summed E-state index contributed by atoms with van der Waals surface area (Å²) in [5, 5.41) is 6.31. The van der Waals surface area contributed by atoms with E-state index < -0.39 is 19.2 Å². The maximum absolute atomic E-state index is 12.4. The van der Waals surface area contributed by atoms with E-state index in [0.29, 0.717) is 21.2 Å². The maximum Gasteiger partial charge on any atom is 0.496 e. The molecule has 0 unspecified atom stereocenters. The van der Waals surface area contributed by atoms with Gasteiger partial charge in [0, 0.05) is 29.1 Å². The molecule has 5 rings (SSSR count). The van der Waals surface area contributed by atoms with Gasteiger partial charge in [-0.05, 0) is 86.4 Å². The predicted molar refractivity (Wildman–Crippen MR) is 170 cm³/mol. The number of nitrogens with one attached hydrogen (secondary N) is 1. The molecule has 1 N–H and O–H groups in total. The van der Waals surface area contributed by atoms with E-state index in [0.717, 1.165) is 12.0 Å². The molecule has 2 aliphatic rings. The van der Waals surface area contributed by atoms with Crippen molar-refractivity contribution in [2.24, 2.45) is 4.99 Å². The number of hydrogen-bond acceptors (Lipinski definition) is 9. The van der Waals surface area contributed by atoms with Gasteiger partial charge < -0.3 is 23.5 Å². The molecule has 3 aromatic rings. The summed E-state index contributed by atoms with van der Waals surface area (Å²) in [5.41, 5.74) is 1.98. The molecule has 0 saturated carbocycles. The molecule has 1 aromatic heterocycles. The highest BCUT2D eigenvalue weighted by molar-refractivity contribution is 9.10. The highest BCUT2D eigenvalue weighted by atomic mass is 79.9. The van der Waals surface area contributed by atoms with Crippen LogP contribution in [0.3, 0.4) is 0 Å². The topological polar surface area (TPSA) is 121 Å². The van der Waals surface area contributed by atoms with E-state index in [1.165, 1.54) is 62.8 Å². The number of benzene rings is 2. The van der Waals surface area contributed by atoms with Crippen molar-refractivity contribution >= 4 is 41.0 Å². The molecule has 0 aliphatic carbocycles. The third-order valence-corrected chi connectivity index (χ3v) is 7.84. The Morgan fingerprint density at radius 2 is 1.55 bits per heavy atom. The fraction of sp³-hybridized carbons (Fsp3) is 0.355. The minimum Gasteiger partial charge on any atom is -0.465 e. The molecule has 1 fully saturated rings. The summed E-state index contributed by atoms with van der Waals surface area (Å²) in [6.45, 7) is 4.44. The van der Waals surface area contributed by atoms with E-state index >= 15 is 0 Å². The summed E-state index contributed by atoms with van der Waals surface area (Å²) < 4.78 is 73.9. The molecule has 0 atom stereocenters. The number of ketones is 1. The molecule has 0 spiro atoms. The number of H-pyrrole nitrogens is 1. The fourth-order valence-corrected chi connectivity index (χ4v) is 4.35. The van der Waals surface area contributed by atoms with Gasteiger partial charge >= 0.3 is 26.3 Å². The van der Waals surface area contributed by atoms with Crippen LogP contribution < -0.4 is 9.47 Å². The van der Waals surface area contributed by atoms with Gasteiger partial charge in [-0.25, -0.2) is 4.79 Å². The van der Waals surface area contributed by atoms with Crippen molar-refractivity contribution < 1.29 is 50.7 Å². The molecule has 47 heavy (non-hydrogen) atoms. The van der Waals surface area contributed by atoms with Crippen LogP contribution in [0, 0.1) is 0 Å². The monoisotopic (exact) mass is 725 g/mol. The molecule has 0 radical (unpaired) electrons. The molecule has 0 amide bonds. The number of aliphatic imine (C=N–C) groups is 1. The summed E-state index contributed by atoms with van der Waals surface area (Å²) in [7, 11) is 0.964. The molecule has 0 bridgehead atoms. The Hall–Kier alpha value is -4.02. The van der Waals surface area contributed by atoms with E-state index in [1.807, 2.05) is 12.3 Å². The van der Waals surface area contributed by atoms with E-state index in [4.69, 9.17) is 9.31 Å². The zero-order valence-corrected chi connectivity index (χ0v) is 27.9. The summed E-state index contributed by atoms with van der Waals surface area (Å²) in [5.74, 6) is -0.971. The number of alkyl halides is 4. The van der Waals surface area contributed by atoms with Crippen LogP contribution in [0.15, 0.2) is 69.8 Å². The Morgan fingerprint density at radius 3 is 2.06 bits per heavy atom. The van der Waals surface area contributed by atoms with Gasteiger partial charge in [-0.3, -0.25) is 14.9 Å². The van der Waals surface area contributed by atoms with Gasteiger partial charge in [-0.1, -0.05) is 12.1 Å². The van der Waals surface area contributed by atoms with E-state index in [-0.39, 0.29) is 41.2 Å². The van der Waals surface area contributed by atoms with Crippen LogP contribution in [-0.2, 0) is 14.0 Å². The number of halogens is 5. The van der Waals surface area contributed by atoms with Crippen LogP contribution in [0.2, 0.25) is 0 Å². The van der Waals surface area contributed by atoms with Crippen molar-refractivity contribution in [3.05, 3.63) is 75.9 Å². The summed E-state index contributed by atoms with van der Waals surface area (Å²) >= 11 is 3.04. The van der Waals surface area contributed by atoms with Gasteiger partial charge in [0.15, 0.2) is 5.78 Å². The lowest BCUT2D eigenvalue weighted by Gasteiger charge is -2.32. The van der Waals surface area contributed by atoms with E-state index in [2.05, 4.69) is 73.0 Å². The first-order valence-electron chi connectivity index (χ1n) is 14.0. The molecule has 16 heteroatoms. The Morgan fingerprint density at radius 1 is 0.957 bits per heavy atom. The first-order valence-corrected chi connectivity index (χ1v) is 14.8. The molecule has 252 valence electrons. The third-order valence-electron chi connectivity index (χ3n) is 7.18. The lowest BCUT2D eigenvalue weighted by atomic mass is 9.79. The average molecular weight is 726 g/mol. The second kappa shape index (κ2) is 16.2. The maximum atomic E-state index is 12.4. The number of Topliss-reactive ketones (excluding diaryl/α,β-unsaturated/α-hetero) is 1. The van der Waals surface area contributed by atoms with Crippen molar-refractivity contribution in [1.82, 2.24) is 10.2 Å². The fourth-order valence-electron chi connectivity index (χ4n) is 4.01. The second-order valence-corrected chi connectivity index (χ2v) is 11.8. The van der Waals surface area contributed by atoms with Crippen molar-refractivity contribution in [2.75, 3.05) is 13.7 Å². The average Bonchev–Trinajstić information content (AvgIpc) is 3.76. The number of aromatic nitrogens is 2. The zero-order valence-electron chi connectivity index (χ0n) is 26.4. The number of nitrogens with zero attached hydrogens (tertiary/aromatic N) is 2. The van der Waals surface area contributed by atoms with Gasteiger partial charge in [0.1, 0.15) is 11.5 Å². The number of allylic oxidation sites excluding steroid dienone is 1. The number of ether oxygens (including phenoxy) is 3. The summed E-state index contributed by atoms with van der Waals surface area (Å²) in [6, 6.07) is 8.47. The minimum atomic E-state index is -2.99. The Kier molecular flexibility index (Phi) is 12.9. The molecule has 3 heterocycles. The SMILES string of the molecule is CC(=O)c1ccc(Br)c(OC(F)F)c1.CC1(C)OB(C2=CCN=C2)OC1(C)C.COC(=O)c1ccc(-c2cn[nH]c2)c(OC(F)F)c1. The summed E-state index contributed by atoms with van der Waals surface area (Å²) in [4.78, 5) is 26.4. The van der Waals surface area contributed by atoms with Crippen LogP contribution in [0.25, 0.3) is 11.1 Å². The zero-order chi connectivity index (χ0) is 34.9. The van der Waals surface area contributed by atoms with E-state index in [9.17, 15) is 27.2 Å². The van der Waals surface area contributed by atoms with Crippen LogP contribution >= 0.6 is 15.9 Å². The summed E-state index contributed by atoms with van der Waals surface area (Å²) in [6.07, 6.45) is 6.88. The highest BCUT2D eigenvalue weighted by Crippen LogP contribution is 2.38. The Balaban J connectivity index is 0.000000195. The van der Waals surface area contributed by atoms with Gasteiger partial charge in [0.05, 0.1) is 41.1 Å². The van der Waals surface area contributed by atoms with Gasteiger partial charge in [-0.15, -0.1) is 0 Å². The van der Waals surface area contributed by atoms with Crippen molar-refractivity contribution in [3.8, 4) is 22.6 Å². The van der Waals surface area contributed by atoms with Crippen LogP contribution in [0.4, 0.5) is 17.6 Å². The number of esters is 1. The van der Waals surface area contributed by atoms with Crippen LogP contribution in [-0.4, -0.2) is 73.4 Å². The van der Waals surface area contributed by atoms with Crippen molar-refractivity contribution in [3.63, 3.8) is 0 Å². The lowest BCUT2D eigenvalue weighted by Crippen LogP contribution is -2.41. The highest BCUT2D eigenvalue weighted by Gasteiger charge is 2.52. The molecular formula is C31H33BBrF4N3O7. The largest absolute Gasteiger partial charge is 0.496 e. The van der Waals surface area contributed by atoms with Crippen LogP contribution in [0.5, 0.6) is 11.5 Å². The van der Waals surface area contributed by atoms with Crippen molar-refractivity contribution in [1.29, 1.82) is 0 Å². The predicted octanol–water partition coefficient (Wildman–Crippen LogP) is 7.35. The number of carbonyl (C=O) groups excluding carboxylic acids is 2. The van der Waals surface area contributed by atoms with Crippen molar-refractivity contribution in [2.45, 2.75) is 59.0 Å². The third kappa shape index (κ3) is 10.2.